The van der Waals surface area contributed by atoms with Crippen LogP contribution in [0.2, 0.25) is 0 Å². The van der Waals surface area contributed by atoms with Crippen molar-refractivity contribution in [3.63, 3.8) is 0 Å². The molecular formula is C13H22N2O3S. The van der Waals surface area contributed by atoms with Gasteiger partial charge >= 0.3 is 12.0 Å². The van der Waals surface area contributed by atoms with E-state index in [2.05, 4.69) is 0 Å². The van der Waals surface area contributed by atoms with E-state index in [1.807, 2.05) is 7.05 Å². The van der Waals surface area contributed by atoms with Crippen molar-refractivity contribution in [1.29, 1.82) is 0 Å². The molecule has 2 fully saturated rings. The molecule has 0 bridgehead atoms. The molecule has 2 aliphatic rings. The molecule has 2 amide bonds. The fourth-order valence-corrected chi connectivity index (χ4v) is 3.70. The highest BCUT2D eigenvalue weighted by atomic mass is 32.2. The Kier molecular flexibility index (Phi) is 4.96. The number of carbonyl (C=O) groups excluding carboxylic acids is 1. The van der Waals surface area contributed by atoms with Crippen LogP contribution in [0.4, 0.5) is 4.79 Å². The van der Waals surface area contributed by atoms with Crippen LogP contribution in [0.5, 0.6) is 0 Å². The van der Waals surface area contributed by atoms with Crippen LogP contribution in [0, 0.1) is 5.92 Å². The molecule has 0 aromatic rings. The molecule has 0 spiro atoms. The topological polar surface area (TPSA) is 60.9 Å². The van der Waals surface area contributed by atoms with Crippen molar-refractivity contribution in [2.45, 2.75) is 31.7 Å². The lowest BCUT2D eigenvalue weighted by atomic mass is 9.85. The summed E-state index contributed by atoms with van der Waals surface area (Å²) in [5, 5.41) is 8.94. The smallest absolute Gasteiger partial charge is 0.320 e. The normalized spacial score (nSPS) is 23.8. The van der Waals surface area contributed by atoms with Crippen LogP contribution in [0.15, 0.2) is 0 Å². The van der Waals surface area contributed by atoms with Crippen LogP contribution in [-0.2, 0) is 4.79 Å². The van der Waals surface area contributed by atoms with Crippen LogP contribution in [0.1, 0.15) is 25.7 Å². The van der Waals surface area contributed by atoms with Gasteiger partial charge in [0.05, 0.1) is 12.5 Å². The molecule has 1 atom stereocenters. The molecule has 0 radical (unpaired) electrons. The Bertz CT molecular complexity index is 347. The molecule has 1 aliphatic carbocycles. The number of nitrogens with zero attached hydrogens (tertiary/aromatic N) is 2. The van der Waals surface area contributed by atoms with Crippen molar-refractivity contribution in [3.8, 4) is 0 Å². The van der Waals surface area contributed by atoms with Crippen molar-refractivity contribution in [2.75, 3.05) is 31.6 Å². The van der Waals surface area contributed by atoms with Gasteiger partial charge in [-0.15, -0.1) is 0 Å². The molecule has 108 valence electrons. The Morgan fingerprint density at radius 1 is 1.42 bits per heavy atom. The maximum Gasteiger partial charge on any atom is 0.320 e. The van der Waals surface area contributed by atoms with E-state index in [0.717, 1.165) is 18.1 Å². The molecule has 19 heavy (non-hydrogen) atoms. The zero-order valence-electron chi connectivity index (χ0n) is 11.4. The number of rotatable bonds is 4. The quantitative estimate of drug-likeness (QED) is 0.855. The summed E-state index contributed by atoms with van der Waals surface area (Å²) < 4.78 is 0. The van der Waals surface area contributed by atoms with E-state index in [1.54, 1.807) is 21.6 Å². The number of thioether (sulfide) groups is 1. The van der Waals surface area contributed by atoms with Gasteiger partial charge in [-0.3, -0.25) is 4.79 Å². The summed E-state index contributed by atoms with van der Waals surface area (Å²) in [6.45, 7) is 1.47. The highest BCUT2D eigenvalue weighted by molar-refractivity contribution is 7.99. The number of hydrogen-bond donors (Lipinski definition) is 1. The average molecular weight is 286 g/mol. The predicted octanol–water partition coefficient (Wildman–Crippen LogP) is 1.73. The third-order valence-corrected chi connectivity index (χ3v) is 5.06. The fraction of sp³-hybridized carbons (Fsp3) is 0.846. The Morgan fingerprint density at radius 2 is 2.16 bits per heavy atom. The van der Waals surface area contributed by atoms with E-state index >= 15 is 0 Å². The largest absolute Gasteiger partial charge is 0.481 e. The maximum absolute atomic E-state index is 12.4. The van der Waals surface area contributed by atoms with Gasteiger partial charge in [0.25, 0.3) is 0 Å². The van der Waals surface area contributed by atoms with E-state index in [0.29, 0.717) is 12.5 Å². The number of hydrogen-bond acceptors (Lipinski definition) is 3. The zero-order chi connectivity index (χ0) is 13.8. The highest BCUT2D eigenvalue weighted by Crippen LogP contribution is 2.27. The number of amides is 2. The predicted molar refractivity (Wildman–Crippen MR) is 75.4 cm³/mol. The van der Waals surface area contributed by atoms with Crippen LogP contribution in [0.3, 0.4) is 0 Å². The summed E-state index contributed by atoms with van der Waals surface area (Å²) in [5.41, 5.74) is 0. The molecule has 1 N–H and O–H groups in total. The number of carbonyl (C=O) groups is 2. The maximum atomic E-state index is 12.4. The first-order chi connectivity index (χ1) is 9.08. The van der Waals surface area contributed by atoms with Crippen LogP contribution < -0.4 is 0 Å². The summed E-state index contributed by atoms with van der Waals surface area (Å²) in [6, 6.07) is -0.161. The first-order valence-corrected chi connectivity index (χ1v) is 8.04. The van der Waals surface area contributed by atoms with Gasteiger partial charge in [-0.25, -0.2) is 4.79 Å². The molecule has 6 heteroatoms. The molecule has 1 saturated carbocycles. The number of carboxylic acids is 1. The minimum absolute atomic E-state index is 0.00144. The second-order valence-corrected chi connectivity index (χ2v) is 6.63. The Labute approximate surface area is 118 Å². The zero-order valence-corrected chi connectivity index (χ0v) is 12.2. The third-order valence-electron chi connectivity index (χ3n) is 3.97. The van der Waals surface area contributed by atoms with Gasteiger partial charge in [0.15, 0.2) is 0 Å². The van der Waals surface area contributed by atoms with Gasteiger partial charge in [0.2, 0.25) is 0 Å². The summed E-state index contributed by atoms with van der Waals surface area (Å²) in [6.07, 6.45) is 3.75. The van der Waals surface area contributed by atoms with E-state index < -0.39 is 5.97 Å². The van der Waals surface area contributed by atoms with Gasteiger partial charge in [0.1, 0.15) is 0 Å². The van der Waals surface area contributed by atoms with Gasteiger partial charge in [-0.2, -0.15) is 11.8 Å². The van der Waals surface area contributed by atoms with Gasteiger partial charge < -0.3 is 14.9 Å². The van der Waals surface area contributed by atoms with E-state index in [1.165, 1.54) is 19.3 Å². The van der Waals surface area contributed by atoms with Crippen LogP contribution >= 0.6 is 11.8 Å². The molecule has 1 saturated heterocycles. The number of aliphatic carboxylic acids is 1. The SMILES string of the molecule is CN(CC1CCC1)C(=O)N1CCSCC1CC(=O)O. The second-order valence-electron chi connectivity index (χ2n) is 5.48. The molecule has 1 heterocycles. The molecule has 0 aromatic carbocycles. The number of carboxylic acid groups (broad SMARTS) is 1. The van der Waals surface area contributed by atoms with Crippen molar-refractivity contribution in [2.24, 2.45) is 5.92 Å². The fourth-order valence-electron chi connectivity index (χ4n) is 2.64. The van der Waals surface area contributed by atoms with Gasteiger partial charge in [-0.05, 0) is 18.8 Å². The molecule has 5 nitrogen and oxygen atoms in total. The van der Waals surface area contributed by atoms with Crippen molar-refractivity contribution >= 4 is 23.8 Å². The molecule has 1 unspecified atom stereocenters. The van der Waals surface area contributed by atoms with Crippen LogP contribution in [-0.4, -0.2) is 64.6 Å². The second kappa shape index (κ2) is 6.50. The summed E-state index contributed by atoms with van der Waals surface area (Å²) in [7, 11) is 1.83. The van der Waals surface area contributed by atoms with E-state index in [-0.39, 0.29) is 18.5 Å². The lowest BCUT2D eigenvalue weighted by molar-refractivity contribution is -0.138. The summed E-state index contributed by atoms with van der Waals surface area (Å²) in [5.74, 6) is 1.45. The van der Waals surface area contributed by atoms with Crippen molar-refractivity contribution in [3.05, 3.63) is 0 Å². The molecule has 2 rings (SSSR count). The van der Waals surface area contributed by atoms with Crippen LogP contribution in [0.25, 0.3) is 0 Å². The Balaban J connectivity index is 1.91. The third kappa shape index (κ3) is 3.78. The van der Waals surface area contributed by atoms with E-state index in [4.69, 9.17) is 5.11 Å². The minimum Gasteiger partial charge on any atom is -0.481 e. The van der Waals surface area contributed by atoms with Gasteiger partial charge in [0, 0.05) is 31.6 Å². The Hall–Kier alpha value is -0.910. The van der Waals surface area contributed by atoms with E-state index in [9.17, 15) is 9.59 Å². The summed E-state index contributed by atoms with van der Waals surface area (Å²) >= 11 is 1.73. The molecular weight excluding hydrogens is 264 g/mol. The van der Waals surface area contributed by atoms with Crippen molar-refractivity contribution in [1.82, 2.24) is 9.80 Å². The molecule has 0 aromatic heterocycles. The minimum atomic E-state index is -0.827. The lowest BCUT2D eigenvalue weighted by Gasteiger charge is -2.39. The monoisotopic (exact) mass is 286 g/mol. The highest BCUT2D eigenvalue weighted by Gasteiger charge is 2.31. The molecule has 1 aliphatic heterocycles. The van der Waals surface area contributed by atoms with Gasteiger partial charge in [-0.1, -0.05) is 6.42 Å². The lowest BCUT2D eigenvalue weighted by Crippen LogP contribution is -2.52. The van der Waals surface area contributed by atoms with Crippen molar-refractivity contribution < 1.29 is 14.7 Å². The number of urea groups is 1. The average Bonchev–Trinajstić information content (AvgIpc) is 2.32. The summed E-state index contributed by atoms with van der Waals surface area (Å²) in [4.78, 5) is 26.8. The standard InChI is InChI=1S/C13H22N2O3S/c1-14(8-10-3-2-4-10)13(18)15-5-6-19-9-11(15)7-12(16)17/h10-11H,2-9H2,1H3,(H,16,17). The first kappa shape index (κ1) is 14.5. The first-order valence-electron chi connectivity index (χ1n) is 6.89. The Morgan fingerprint density at radius 3 is 2.74 bits per heavy atom.